The van der Waals surface area contributed by atoms with Crippen LogP contribution in [0.2, 0.25) is 0 Å². The zero-order valence-electron chi connectivity index (χ0n) is 12.8. The number of carboxylic acids is 1. The number of carbonyl (C=O) groups excluding carboxylic acids is 1. The Morgan fingerprint density at radius 3 is 2.40 bits per heavy atom. The van der Waals surface area contributed by atoms with E-state index < -0.39 is 18.4 Å². The molecule has 25 heavy (non-hydrogen) atoms. The van der Waals surface area contributed by atoms with Gasteiger partial charge < -0.3 is 20.6 Å². The quantitative estimate of drug-likeness (QED) is 0.566. The van der Waals surface area contributed by atoms with Gasteiger partial charge in [0.1, 0.15) is 29.1 Å². The second kappa shape index (κ2) is 6.44. The second-order valence-corrected chi connectivity index (χ2v) is 5.17. The summed E-state index contributed by atoms with van der Waals surface area (Å²) >= 11 is 0. The molecule has 0 aliphatic rings. The molecular formula is C17H13N3O5. The summed E-state index contributed by atoms with van der Waals surface area (Å²) in [6.07, 6.45) is 0. The minimum absolute atomic E-state index is 0.0551. The predicted octanol–water partition coefficient (Wildman–Crippen LogP) is 1.52. The zero-order valence-corrected chi connectivity index (χ0v) is 12.8. The number of nitrogens with one attached hydrogen (secondary N) is 1. The molecule has 0 saturated carbocycles. The first kappa shape index (κ1) is 16.2. The van der Waals surface area contributed by atoms with Crippen molar-refractivity contribution in [3.63, 3.8) is 0 Å². The number of aliphatic carboxylic acids is 1. The Hall–Kier alpha value is -3.68. The average Bonchev–Trinajstić information content (AvgIpc) is 2.60. The summed E-state index contributed by atoms with van der Waals surface area (Å²) in [6, 6.07) is 11.4. The van der Waals surface area contributed by atoms with Crippen molar-refractivity contribution in [2.45, 2.75) is 0 Å². The van der Waals surface area contributed by atoms with Gasteiger partial charge in [-0.25, -0.2) is 9.97 Å². The fourth-order valence-corrected chi connectivity index (χ4v) is 2.36. The fraction of sp³-hybridized carbons (Fsp3) is 0.0588. The van der Waals surface area contributed by atoms with Gasteiger partial charge in [-0.1, -0.05) is 30.3 Å². The summed E-state index contributed by atoms with van der Waals surface area (Å²) in [5.41, 5.74) is 0.763. The van der Waals surface area contributed by atoms with E-state index in [4.69, 9.17) is 5.11 Å². The van der Waals surface area contributed by atoms with Gasteiger partial charge in [-0.15, -0.1) is 0 Å². The van der Waals surface area contributed by atoms with E-state index in [-0.39, 0.29) is 33.9 Å². The minimum atomic E-state index is -1.22. The Labute approximate surface area is 141 Å². The third-order valence-corrected chi connectivity index (χ3v) is 3.47. The first-order valence-electron chi connectivity index (χ1n) is 7.25. The number of hydrogen-bond donors (Lipinski definition) is 4. The maximum atomic E-state index is 12.3. The largest absolute Gasteiger partial charge is 0.507 e. The molecule has 0 bridgehead atoms. The third kappa shape index (κ3) is 3.18. The van der Waals surface area contributed by atoms with Crippen molar-refractivity contribution >= 4 is 22.9 Å². The first-order chi connectivity index (χ1) is 12.0. The van der Waals surface area contributed by atoms with Crippen LogP contribution in [0.3, 0.4) is 0 Å². The van der Waals surface area contributed by atoms with Gasteiger partial charge in [0, 0.05) is 5.56 Å². The van der Waals surface area contributed by atoms with Gasteiger partial charge in [-0.3, -0.25) is 9.59 Å². The van der Waals surface area contributed by atoms with Crippen LogP contribution >= 0.6 is 0 Å². The lowest BCUT2D eigenvalue weighted by Gasteiger charge is -2.10. The van der Waals surface area contributed by atoms with Crippen molar-refractivity contribution < 1.29 is 24.9 Å². The average molecular weight is 339 g/mol. The lowest BCUT2D eigenvalue weighted by Crippen LogP contribution is -2.29. The van der Waals surface area contributed by atoms with Crippen molar-refractivity contribution in [3.05, 3.63) is 48.0 Å². The monoisotopic (exact) mass is 339 g/mol. The fourth-order valence-electron chi connectivity index (χ4n) is 2.36. The van der Waals surface area contributed by atoms with Crippen molar-refractivity contribution in [1.29, 1.82) is 0 Å². The van der Waals surface area contributed by atoms with Crippen LogP contribution in [0.15, 0.2) is 42.5 Å². The molecule has 0 radical (unpaired) electrons. The number of phenols is 1. The highest BCUT2D eigenvalue weighted by Gasteiger charge is 2.20. The zero-order chi connectivity index (χ0) is 18.0. The van der Waals surface area contributed by atoms with E-state index >= 15 is 0 Å². The molecular weight excluding hydrogens is 326 g/mol. The molecule has 0 atom stereocenters. The van der Waals surface area contributed by atoms with Crippen LogP contribution in [0, 0.1) is 0 Å². The summed E-state index contributed by atoms with van der Waals surface area (Å²) < 4.78 is 0. The van der Waals surface area contributed by atoms with E-state index in [0.29, 0.717) is 5.56 Å². The van der Waals surface area contributed by atoms with Crippen molar-refractivity contribution in [2.75, 3.05) is 6.54 Å². The Balaban J connectivity index is 2.18. The van der Waals surface area contributed by atoms with Crippen LogP contribution in [0.1, 0.15) is 10.4 Å². The second-order valence-electron chi connectivity index (χ2n) is 5.17. The highest BCUT2D eigenvalue weighted by atomic mass is 16.4. The molecule has 8 nitrogen and oxygen atoms in total. The molecule has 8 heteroatoms. The molecule has 0 fully saturated rings. The molecule has 0 spiro atoms. The van der Waals surface area contributed by atoms with Gasteiger partial charge >= 0.3 is 5.97 Å². The number of rotatable bonds is 4. The highest BCUT2D eigenvalue weighted by molar-refractivity contribution is 6.08. The molecule has 0 saturated heterocycles. The van der Waals surface area contributed by atoms with Gasteiger partial charge in [0.2, 0.25) is 5.88 Å². The number of amides is 1. The number of fused-ring (bicyclic) bond motifs is 1. The molecule has 4 N–H and O–H groups in total. The van der Waals surface area contributed by atoms with E-state index in [1.54, 1.807) is 30.3 Å². The molecule has 3 rings (SSSR count). The normalized spacial score (nSPS) is 10.6. The standard InChI is InChI=1S/C17H13N3O5/c21-11-7-6-10-15(13(11)16(24)18-8-12(22)23)20-14(17(25)19-10)9-4-2-1-3-5-9/h1-7,21H,8H2,(H,18,24)(H,19,25)(H,22,23). The van der Waals surface area contributed by atoms with Gasteiger partial charge in [-0.2, -0.15) is 0 Å². The highest BCUT2D eigenvalue weighted by Crippen LogP contribution is 2.31. The third-order valence-electron chi connectivity index (χ3n) is 3.47. The van der Waals surface area contributed by atoms with Crippen LogP contribution in [0.4, 0.5) is 0 Å². The van der Waals surface area contributed by atoms with Gasteiger partial charge in [-0.05, 0) is 12.1 Å². The SMILES string of the molecule is O=C(O)CNC(=O)c1c(O)ccc2nc(O)c(-c3ccccc3)nc12. The van der Waals surface area contributed by atoms with E-state index in [2.05, 4.69) is 15.3 Å². The number of aromatic hydroxyl groups is 2. The Morgan fingerprint density at radius 1 is 1.00 bits per heavy atom. The number of hydrogen-bond acceptors (Lipinski definition) is 6. The van der Waals surface area contributed by atoms with E-state index in [9.17, 15) is 19.8 Å². The Morgan fingerprint density at radius 2 is 1.72 bits per heavy atom. The van der Waals surface area contributed by atoms with Gasteiger partial charge in [0.15, 0.2) is 0 Å². The van der Waals surface area contributed by atoms with E-state index in [0.717, 1.165) is 0 Å². The summed E-state index contributed by atoms with van der Waals surface area (Å²) in [4.78, 5) is 31.2. The van der Waals surface area contributed by atoms with Crippen LogP contribution in [-0.4, -0.2) is 43.7 Å². The lowest BCUT2D eigenvalue weighted by atomic mass is 10.1. The van der Waals surface area contributed by atoms with E-state index in [1.807, 2.05) is 0 Å². The maximum Gasteiger partial charge on any atom is 0.322 e. The number of nitrogens with zero attached hydrogens (tertiary/aromatic N) is 2. The molecule has 1 heterocycles. The van der Waals surface area contributed by atoms with Crippen LogP contribution < -0.4 is 5.32 Å². The van der Waals surface area contributed by atoms with Crippen molar-refractivity contribution in [3.8, 4) is 22.9 Å². The molecule has 2 aromatic carbocycles. The number of benzene rings is 2. The van der Waals surface area contributed by atoms with Crippen LogP contribution in [-0.2, 0) is 4.79 Å². The number of carbonyl (C=O) groups is 2. The summed E-state index contributed by atoms with van der Waals surface area (Å²) in [6.45, 7) is -0.605. The number of carboxylic acid groups (broad SMARTS) is 1. The summed E-state index contributed by atoms with van der Waals surface area (Å²) in [5, 5.41) is 31.0. The van der Waals surface area contributed by atoms with Gasteiger partial charge in [0.05, 0.1) is 5.52 Å². The van der Waals surface area contributed by atoms with Crippen LogP contribution in [0.25, 0.3) is 22.3 Å². The first-order valence-corrected chi connectivity index (χ1v) is 7.25. The predicted molar refractivity (Wildman–Crippen MR) is 88.3 cm³/mol. The maximum absolute atomic E-state index is 12.3. The molecule has 1 aromatic heterocycles. The molecule has 0 unspecified atom stereocenters. The Bertz CT molecular complexity index is 973. The topological polar surface area (TPSA) is 133 Å². The van der Waals surface area contributed by atoms with Crippen molar-refractivity contribution in [2.24, 2.45) is 0 Å². The molecule has 1 amide bonds. The minimum Gasteiger partial charge on any atom is -0.507 e. The number of phenolic OH excluding ortho intramolecular Hbond substituents is 1. The summed E-state index contributed by atoms with van der Waals surface area (Å²) in [5.74, 6) is -2.71. The lowest BCUT2D eigenvalue weighted by molar-refractivity contribution is -0.135. The van der Waals surface area contributed by atoms with Crippen LogP contribution in [0.5, 0.6) is 11.6 Å². The van der Waals surface area contributed by atoms with Gasteiger partial charge in [0.25, 0.3) is 5.91 Å². The van der Waals surface area contributed by atoms with Crippen molar-refractivity contribution in [1.82, 2.24) is 15.3 Å². The Kier molecular flexibility index (Phi) is 4.17. The molecule has 126 valence electrons. The molecule has 0 aliphatic heterocycles. The molecule has 3 aromatic rings. The molecule has 0 aliphatic carbocycles. The smallest absolute Gasteiger partial charge is 0.322 e. The van der Waals surface area contributed by atoms with E-state index in [1.165, 1.54) is 12.1 Å². The summed E-state index contributed by atoms with van der Waals surface area (Å²) in [7, 11) is 0. The number of aromatic nitrogens is 2.